The predicted octanol–water partition coefficient (Wildman–Crippen LogP) is 4.03. The molecule has 5 nitrogen and oxygen atoms in total. The Balaban J connectivity index is 1.88. The zero-order valence-electron chi connectivity index (χ0n) is 13.7. The van der Waals surface area contributed by atoms with Crippen molar-refractivity contribution in [1.29, 1.82) is 0 Å². The third-order valence-electron chi connectivity index (χ3n) is 4.10. The van der Waals surface area contributed by atoms with E-state index in [1.54, 1.807) is 19.5 Å². The van der Waals surface area contributed by atoms with Gasteiger partial charge in [0.1, 0.15) is 16.4 Å². The molecular formula is C19H15N3O2S. The number of methoxy groups -OCH3 is 1. The first-order chi connectivity index (χ1) is 12.2. The number of pyridine rings is 1. The van der Waals surface area contributed by atoms with E-state index < -0.39 is 0 Å². The summed E-state index contributed by atoms with van der Waals surface area (Å²) in [4.78, 5) is 24.9. The fourth-order valence-electron chi connectivity index (χ4n) is 2.85. The molecule has 0 fully saturated rings. The van der Waals surface area contributed by atoms with Crippen LogP contribution >= 0.6 is 11.3 Å². The van der Waals surface area contributed by atoms with Crippen LogP contribution < -0.4 is 10.3 Å². The molecule has 0 saturated carbocycles. The molecule has 0 spiro atoms. The van der Waals surface area contributed by atoms with Gasteiger partial charge in [-0.2, -0.15) is 0 Å². The maximum atomic E-state index is 12.7. The molecule has 3 heterocycles. The van der Waals surface area contributed by atoms with Gasteiger partial charge in [0, 0.05) is 28.9 Å². The van der Waals surface area contributed by atoms with Crippen LogP contribution in [-0.4, -0.2) is 22.1 Å². The fraction of sp³-hybridized carbons (Fsp3) is 0.105. The van der Waals surface area contributed by atoms with Crippen LogP contribution in [0.2, 0.25) is 0 Å². The van der Waals surface area contributed by atoms with Crippen molar-refractivity contribution < 1.29 is 4.74 Å². The number of hydrogen-bond donors (Lipinski definition) is 1. The van der Waals surface area contributed by atoms with Gasteiger partial charge in [0.15, 0.2) is 0 Å². The normalized spacial score (nSPS) is 11.0. The predicted molar refractivity (Wildman–Crippen MR) is 100 cm³/mol. The Hall–Kier alpha value is -2.99. The second kappa shape index (κ2) is 6.14. The highest BCUT2D eigenvalue weighted by molar-refractivity contribution is 7.17. The summed E-state index contributed by atoms with van der Waals surface area (Å²) in [6.07, 6.45) is 3.36. The molecule has 124 valence electrons. The second-order valence-electron chi connectivity index (χ2n) is 5.66. The average Bonchev–Trinajstić information content (AvgIpc) is 3.07. The van der Waals surface area contributed by atoms with Gasteiger partial charge in [-0.1, -0.05) is 6.07 Å². The number of aryl methyl sites for hydroxylation is 1. The summed E-state index contributed by atoms with van der Waals surface area (Å²) in [5, 5.41) is 2.59. The highest BCUT2D eigenvalue weighted by Crippen LogP contribution is 2.33. The summed E-state index contributed by atoms with van der Waals surface area (Å²) >= 11 is 1.47. The smallest absolute Gasteiger partial charge is 0.260 e. The summed E-state index contributed by atoms with van der Waals surface area (Å²) in [6.45, 7) is 1.99. The van der Waals surface area contributed by atoms with Crippen LogP contribution in [0.3, 0.4) is 0 Å². The summed E-state index contributed by atoms with van der Waals surface area (Å²) in [7, 11) is 1.65. The van der Waals surface area contributed by atoms with Gasteiger partial charge in [-0.3, -0.25) is 9.78 Å². The Kier molecular flexibility index (Phi) is 3.82. The minimum absolute atomic E-state index is 0.137. The Bertz CT molecular complexity index is 1120. The van der Waals surface area contributed by atoms with Crippen LogP contribution in [0.4, 0.5) is 0 Å². The molecule has 0 aliphatic carbocycles. The van der Waals surface area contributed by atoms with Gasteiger partial charge in [0.25, 0.3) is 5.56 Å². The number of fused-ring (bicyclic) bond motifs is 1. The molecule has 4 aromatic rings. The third kappa shape index (κ3) is 2.70. The van der Waals surface area contributed by atoms with Crippen molar-refractivity contribution in [2.45, 2.75) is 6.92 Å². The summed E-state index contributed by atoms with van der Waals surface area (Å²) in [5.41, 5.74) is 3.59. The minimum Gasteiger partial charge on any atom is -0.496 e. The highest BCUT2D eigenvalue weighted by atomic mass is 32.1. The number of benzene rings is 1. The lowest BCUT2D eigenvalue weighted by Gasteiger charge is -2.07. The SMILES string of the molecule is COc1ccc(-c2csc3nc(-c4ccncc4)[nH]c(=O)c23)cc1C. The first-order valence-electron chi connectivity index (χ1n) is 7.74. The Morgan fingerprint density at radius 2 is 1.92 bits per heavy atom. The van der Waals surface area contributed by atoms with Crippen LogP contribution in [0.25, 0.3) is 32.7 Å². The number of thiophene rings is 1. The van der Waals surface area contributed by atoms with Crippen molar-refractivity contribution in [3.05, 3.63) is 64.0 Å². The van der Waals surface area contributed by atoms with Crippen molar-refractivity contribution in [3.8, 4) is 28.3 Å². The number of aromatic nitrogens is 3. The number of hydrogen-bond acceptors (Lipinski definition) is 5. The quantitative estimate of drug-likeness (QED) is 0.606. The summed E-state index contributed by atoms with van der Waals surface area (Å²) in [6, 6.07) is 9.55. The number of nitrogens with zero attached hydrogens (tertiary/aromatic N) is 2. The van der Waals surface area contributed by atoms with Crippen LogP contribution in [0.15, 0.2) is 52.9 Å². The van der Waals surface area contributed by atoms with Gasteiger partial charge in [0.2, 0.25) is 0 Å². The summed E-state index contributed by atoms with van der Waals surface area (Å²) in [5.74, 6) is 1.38. The van der Waals surface area contributed by atoms with Crippen molar-refractivity contribution in [3.63, 3.8) is 0 Å². The Labute approximate surface area is 148 Å². The molecule has 0 aliphatic heterocycles. The third-order valence-corrected chi connectivity index (χ3v) is 4.98. The second-order valence-corrected chi connectivity index (χ2v) is 6.52. The van der Waals surface area contributed by atoms with Crippen LogP contribution in [0.5, 0.6) is 5.75 Å². The molecule has 6 heteroatoms. The van der Waals surface area contributed by atoms with E-state index in [9.17, 15) is 4.79 Å². The molecule has 0 radical (unpaired) electrons. The Morgan fingerprint density at radius 3 is 2.64 bits per heavy atom. The van der Waals surface area contributed by atoms with Crippen LogP contribution in [0, 0.1) is 6.92 Å². The fourth-order valence-corrected chi connectivity index (χ4v) is 3.80. The number of H-pyrrole nitrogens is 1. The molecule has 3 aromatic heterocycles. The van der Waals surface area contributed by atoms with Gasteiger partial charge in [-0.05, 0) is 42.3 Å². The molecule has 0 saturated heterocycles. The molecule has 1 N–H and O–H groups in total. The van der Waals surface area contributed by atoms with Gasteiger partial charge >= 0.3 is 0 Å². The number of ether oxygens (including phenoxy) is 1. The first-order valence-corrected chi connectivity index (χ1v) is 8.62. The zero-order chi connectivity index (χ0) is 17.4. The standard InChI is InChI=1S/C19H15N3O2S/c1-11-9-13(3-4-15(11)24-2)14-10-25-19-16(14)18(23)21-17(22-19)12-5-7-20-8-6-12/h3-10H,1-2H3,(H,21,22,23). The lowest BCUT2D eigenvalue weighted by Crippen LogP contribution is -2.09. The van der Waals surface area contributed by atoms with Gasteiger partial charge in [-0.15, -0.1) is 11.3 Å². The molecule has 0 unspecified atom stereocenters. The zero-order valence-corrected chi connectivity index (χ0v) is 14.6. The van der Waals surface area contributed by atoms with E-state index in [0.717, 1.165) is 32.8 Å². The monoisotopic (exact) mass is 349 g/mol. The van der Waals surface area contributed by atoms with E-state index in [4.69, 9.17) is 4.74 Å². The number of aromatic amines is 1. The lowest BCUT2D eigenvalue weighted by molar-refractivity contribution is 0.412. The maximum Gasteiger partial charge on any atom is 0.260 e. The van der Waals surface area contributed by atoms with Gasteiger partial charge < -0.3 is 9.72 Å². The number of nitrogens with one attached hydrogen (secondary N) is 1. The molecule has 0 aliphatic rings. The van der Waals surface area contributed by atoms with Crippen LogP contribution in [0.1, 0.15) is 5.56 Å². The molecule has 1 aromatic carbocycles. The molecule has 0 atom stereocenters. The lowest BCUT2D eigenvalue weighted by atomic mass is 10.0. The topological polar surface area (TPSA) is 67.9 Å². The van der Waals surface area contributed by atoms with E-state index in [0.29, 0.717) is 11.2 Å². The minimum atomic E-state index is -0.137. The van der Waals surface area contributed by atoms with E-state index >= 15 is 0 Å². The first kappa shape index (κ1) is 15.5. The number of rotatable bonds is 3. The maximum absolute atomic E-state index is 12.7. The molecule has 25 heavy (non-hydrogen) atoms. The van der Waals surface area contributed by atoms with Crippen molar-refractivity contribution in [1.82, 2.24) is 15.0 Å². The molecule has 0 bridgehead atoms. The van der Waals surface area contributed by atoms with E-state index in [2.05, 4.69) is 15.0 Å². The largest absolute Gasteiger partial charge is 0.496 e. The summed E-state index contributed by atoms with van der Waals surface area (Å²) < 4.78 is 5.31. The average molecular weight is 349 g/mol. The van der Waals surface area contributed by atoms with E-state index in [-0.39, 0.29) is 5.56 Å². The molecular weight excluding hydrogens is 334 g/mol. The van der Waals surface area contributed by atoms with Crippen molar-refractivity contribution in [2.24, 2.45) is 0 Å². The van der Waals surface area contributed by atoms with Crippen molar-refractivity contribution in [2.75, 3.05) is 7.11 Å². The van der Waals surface area contributed by atoms with E-state index in [1.165, 1.54) is 11.3 Å². The molecule has 0 amide bonds. The van der Waals surface area contributed by atoms with Crippen molar-refractivity contribution >= 4 is 21.6 Å². The highest BCUT2D eigenvalue weighted by Gasteiger charge is 2.14. The van der Waals surface area contributed by atoms with E-state index in [1.807, 2.05) is 42.6 Å². The van der Waals surface area contributed by atoms with Gasteiger partial charge in [0.05, 0.1) is 12.5 Å². The Morgan fingerprint density at radius 1 is 1.12 bits per heavy atom. The van der Waals surface area contributed by atoms with Crippen LogP contribution in [-0.2, 0) is 0 Å². The van der Waals surface area contributed by atoms with Gasteiger partial charge in [-0.25, -0.2) is 4.98 Å². The molecule has 4 rings (SSSR count).